The summed E-state index contributed by atoms with van der Waals surface area (Å²) in [5, 5.41) is 6.68. The van der Waals surface area contributed by atoms with Crippen LogP contribution in [-0.2, 0) is 4.79 Å². The van der Waals surface area contributed by atoms with Crippen molar-refractivity contribution < 1.29 is 19.0 Å². The molecule has 6 rings (SSSR count). The molecule has 0 aliphatic carbocycles. The Morgan fingerprint density at radius 2 is 1.59 bits per heavy atom. The summed E-state index contributed by atoms with van der Waals surface area (Å²) in [5.74, 6) is 3.47. The van der Waals surface area contributed by atoms with Crippen molar-refractivity contribution in [3.05, 3.63) is 85.2 Å². The Morgan fingerprint density at radius 1 is 0.829 bits per heavy atom. The van der Waals surface area contributed by atoms with Gasteiger partial charge in [0, 0.05) is 43.0 Å². The predicted molar refractivity (Wildman–Crippen MR) is 160 cm³/mol. The van der Waals surface area contributed by atoms with Crippen LogP contribution < -0.4 is 24.1 Å². The second-order valence-corrected chi connectivity index (χ2v) is 9.59. The molecule has 1 aliphatic heterocycles. The second-order valence-electron chi connectivity index (χ2n) is 9.59. The summed E-state index contributed by atoms with van der Waals surface area (Å²) >= 11 is 0. The van der Waals surface area contributed by atoms with E-state index in [1.54, 1.807) is 18.4 Å². The highest BCUT2D eigenvalue weighted by atomic mass is 16.5. The molecule has 5 aromatic rings. The molecule has 9 heteroatoms. The van der Waals surface area contributed by atoms with Crippen LogP contribution >= 0.6 is 0 Å². The lowest BCUT2D eigenvalue weighted by Gasteiger charge is -2.40. The van der Waals surface area contributed by atoms with E-state index in [1.165, 1.54) is 0 Å². The maximum absolute atomic E-state index is 12.5. The summed E-state index contributed by atoms with van der Waals surface area (Å²) in [5.41, 5.74) is 1.47. The first-order valence-electron chi connectivity index (χ1n) is 13.6. The molecule has 208 valence electrons. The van der Waals surface area contributed by atoms with Gasteiger partial charge in [-0.05, 0) is 36.6 Å². The number of ether oxygens (including phenoxy) is 3. The van der Waals surface area contributed by atoms with E-state index < -0.39 is 0 Å². The first-order valence-corrected chi connectivity index (χ1v) is 13.6. The molecule has 1 saturated heterocycles. The van der Waals surface area contributed by atoms with Gasteiger partial charge in [0.05, 0.1) is 19.2 Å². The zero-order valence-corrected chi connectivity index (χ0v) is 23.1. The maximum Gasteiger partial charge on any atom is 0.228 e. The second kappa shape index (κ2) is 11.7. The fourth-order valence-electron chi connectivity index (χ4n) is 5.27. The Bertz CT molecular complexity index is 1680. The van der Waals surface area contributed by atoms with Gasteiger partial charge in [0.25, 0.3) is 0 Å². The zero-order chi connectivity index (χ0) is 28.2. The normalized spacial score (nSPS) is 13.8. The standard InChI is InChI=1S/C32H31N5O4/c1-3-40-31-20-26-25(19-30(31)39-2)32(34-21-33-26)35-15-17-36(18-16-35)37(22-38)27-12-6-7-13-29(27)41-28-14-8-10-23-9-4-5-11-24(23)28/h4-14,19-22H,3,15-18H2,1-2H3. The number of hydrazine groups is 1. The van der Waals surface area contributed by atoms with Crippen molar-refractivity contribution in [1.82, 2.24) is 15.0 Å². The summed E-state index contributed by atoms with van der Waals surface area (Å²) in [6, 6.07) is 25.5. The molecule has 1 aromatic heterocycles. The number of carbonyl (C=O) groups excluding carboxylic acids is 1. The molecule has 0 unspecified atom stereocenters. The Kier molecular flexibility index (Phi) is 7.51. The number of nitrogens with zero attached hydrogens (tertiary/aromatic N) is 5. The number of rotatable bonds is 9. The van der Waals surface area contributed by atoms with Crippen molar-refractivity contribution in [2.24, 2.45) is 0 Å². The number of anilines is 2. The van der Waals surface area contributed by atoms with Gasteiger partial charge in [-0.15, -0.1) is 0 Å². The lowest BCUT2D eigenvalue weighted by Crippen LogP contribution is -2.54. The smallest absolute Gasteiger partial charge is 0.228 e. The number of hydrogen-bond donors (Lipinski definition) is 0. The molecule has 0 bridgehead atoms. The summed E-state index contributed by atoms with van der Waals surface area (Å²) in [4.78, 5) is 23.8. The molecule has 0 N–H and O–H groups in total. The number of carbonyl (C=O) groups is 1. The lowest BCUT2D eigenvalue weighted by molar-refractivity contribution is -0.110. The average Bonchev–Trinajstić information content (AvgIpc) is 3.02. The number of hydrogen-bond acceptors (Lipinski definition) is 8. The summed E-state index contributed by atoms with van der Waals surface area (Å²) in [6.07, 6.45) is 2.42. The minimum absolute atomic E-state index is 0.533. The van der Waals surface area contributed by atoms with E-state index >= 15 is 0 Å². The van der Waals surface area contributed by atoms with Crippen molar-refractivity contribution in [3.8, 4) is 23.0 Å². The van der Waals surface area contributed by atoms with Gasteiger partial charge in [-0.25, -0.2) is 20.0 Å². The van der Waals surface area contributed by atoms with E-state index in [0.717, 1.165) is 39.7 Å². The first kappa shape index (κ1) is 26.3. The van der Waals surface area contributed by atoms with Crippen molar-refractivity contribution in [2.45, 2.75) is 6.92 Å². The molecule has 4 aromatic carbocycles. The number of methoxy groups -OCH3 is 1. The summed E-state index contributed by atoms with van der Waals surface area (Å²) in [7, 11) is 1.63. The molecule has 1 aliphatic rings. The van der Waals surface area contributed by atoms with Crippen LogP contribution in [-0.4, -0.2) is 61.3 Å². The maximum atomic E-state index is 12.5. The molecular weight excluding hydrogens is 518 g/mol. The van der Waals surface area contributed by atoms with Gasteiger partial charge >= 0.3 is 0 Å². The molecule has 0 radical (unpaired) electrons. The molecule has 9 nitrogen and oxygen atoms in total. The number of fused-ring (bicyclic) bond motifs is 2. The van der Waals surface area contributed by atoms with E-state index in [1.807, 2.05) is 78.7 Å². The minimum Gasteiger partial charge on any atom is -0.493 e. The van der Waals surface area contributed by atoms with E-state index in [9.17, 15) is 4.79 Å². The van der Waals surface area contributed by atoms with Gasteiger partial charge in [0.1, 0.15) is 23.6 Å². The highest BCUT2D eigenvalue weighted by Gasteiger charge is 2.26. The molecule has 2 heterocycles. The third-order valence-electron chi connectivity index (χ3n) is 7.24. The fourth-order valence-corrected chi connectivity index (χ4v) is 5.27. The first-order chi connectivity index (χ1) is 20.2. The number of benzene rings is 4. The topological polar surface area (TPSA) is 80.3 Å². The quantitative estimate of drug-likeness (QED) is 0.217. The Labute approximate surface area is 238 Å². The van der Waals surface area contributed by atoms with Crippen LogP contribution in [0.5, 0.6) is 23.0 Å². The van der Waals surface area contributed by atoms with Crippen molar-refractivity contribution in [3.63, 3.8) is 0 Å². The monoisotopic (exact) mass is 549 g/mol. The van der Waals surface area contributed by atoms with Crippen LogP contribution in [0.4, 0.5) is 11.5 Å². The van der Waals surface area contributed by atoms with Gasteiger partial charge < -0.3 is 19.1 Å². The van der Waals surface area contributed by atoms with Crippen LogP contribution in [0.1, 0.15) is 6.92 Å². The molecular formula is C32H31N5O4. The van der Waals surface area contributed by atoms with E-state index in [-0.39, 0.29) is 0 Å². The molecule has 0 atom stereocenters. The Hall–Kier alpha value is -4.89. The summed E-state index contributed by atoms with van der Waals surface area (Å²) in [6.45, 7) is 5.02. The van der Waals surface area contributed by atoms with Gasteiger partial charge in [-0.2, -0.15) is 0 Å². The Balaban J connectivity index is 1.23. The van der Waals surface area contributed by atoms with Crippen LogP contribution in [0.25, 0.3) is 21.7 Å². The molecule has 1 fully saturated rings. The highest BCUT2D eigenvalue weighted by Crippen LogP contribution is 2.37. The van der Waals surface area contributed by atoms with Gasteiger partial charge in [-0.3, -0.25) is 4.79 Å². The van der Waals surface area contributed by atoms with E-state index in [0.29, 0.717) is 55.7 Å². The zero-order valence-electron chi connectivity index (χ0n) is 23.1. The molecule has 41 heavy (non-hydrogen) atoms. The number of amides is 1. The highest BCUT2D eigenvalue weighted by molar-refractivity contribution is 5.92. The molecule has 0 saturated carbocycles. The van der Waals surface area contributed by atoms with Gasteiger partial charge in [0.15, 0.2) is 17.2 Å². The fraction of sp³-hybridized carbons (Fsp3) is 0.219. The van der Waals surface area contributed by atoms with Crippen molar-refractivity contribution >= 4 is 39.6 Å². The van der Waals surface area contributed by atoms with Crippen LogP contribution in [0.15, 0.2) is 85.2 Å². The SMILES string of the molecule is CCOc1cc2ncnc(N3CCN(N(C=O)c4ccccc4Oc4cccc5ccccc45)CC3)c2cc1OC. The molecule has 0 spiro atoms. The minimum atomic E-state index is 0.533. The van der Waals surface area contributed by atoms with E-state index in [2.05, 4.69) is 27.0 Å². The number of para-hydroxylation sites is 2. The van der Waals surface area contributed by atoms with Crippen LogP contribution in [0.3, 0.4) is 0 Å². The lowest BCUT2D eigenvalue weighted by atomic mass is 10.1. The number of piperazine rings is 1. The van der Waals surface area contributed by atoms with E-state index in [4.69, 9.17) is 14.2 Å². The molecule has 1 amide bonds. The average molecular weight is 550 g/mol. The van der Waals surface area contributed by atoms with Crippen molar-refractivity contribution in [1.29, 1.82) is 0 Å². The third-order valence-corrected chi connectivity index (χ3v) is 7.24. The van der Waals surface area contributed by atoms with Gasteiger partial charge in [-0.1, -0.05) is 48.5 Å². The van der Waals surface area contributed by atoms with Crippen LogP contribution in [0, 0.1) is 0 Å². The largest absolute Gasteiger partial charge is 0.493 e. The predicted octanol–water partition coefficient (Wildman–Crippen LogP) is 5.68. The Morgan fingerprint density at radius 3 is 2.39 bits per heavy atom. The number of aromatic nitrogens is 2. The van der Waals surface area contributed by atoms with Crippen molar-refractivity contribution in [2.75, 3.05) is 49.8 Å². The summed E-state index contributed by atoms with van der Waals surface area (Å²) < 4.78 is 17.7. The van der Waals surface area contributed by atoms with Crippen LogP contribution in [0.2, 0.25) is 0 Å². The third kappa shape index (κ3) is 5.19. The van der Waals surface area contributed by atoms with Gasteiger partial charge in [0.2, 0.25) is 6.41 Å².